The minimum absolute atomic E-state index is 0.0915. The molecule has 2 rings (SSSR count). The van der Waals surface area contributed by atoms with Gasteiger partial charge in [-0.25, -0.2) is 0 Å². The standard InChI is InChI=1S/C13H14F3N3/c14-13(15,16)6-5-12(19-17)10-3-4-11-9(8-10)2-1-7-18-11/h1-4,7-8,12,19H,5-6,17H2. The van der Waals surface area contributed by atoms with Crippen LogP contribution in [0.5, 0.6) is 0 Å². The molecule has 2 aromatic rings. The lowest BCUT2D eigenvalue weighted by Gasteiger charge is -2.17. The highest BCUT2D eigenvalue weighted by atomic mass is 19.4. The second-order valence-corrected chi connectivity index (χ2v) is 4.33. The molecule has 1 unspecified atom stereocenters. The van der Waals surface area contributed by atoms with Crippen LogP contribution in [0.1, 0.15) is 24.4 Å². The van der Waals surface area contributed by atoms with E-state index in [0.717, 1.165) is 16.5 Å². The maximum atomic E-state index is 12.2. The van der Waals surface area contributed by atoms with Crippen molar-refractivity contribution in [3.05, 3.63) is 42.1 Å². The van der Waals surface area contributed by atoms with Gasteiger partial charge in [0, 0.05) is 24.0 Å². The highest BCUT2D eigenvalue weighted by Crippen LogP contribution is 2.28. The molecular weight excluding hydrogens is 255 g/mol. The number of hydrogen-bond donors (Lipinski definition) is 2. The van der Waals surface area contributed by atoms with Gasteiger partial charge < -0.3 is 0 Å². The van der Waals surface area contributed by atoms with E-state index in [1.807, 2.05) is 12.1 Å². The lowest BCUT2D eigenvalue weighted by molar-refractivity contribution is -0.136. The fraction of sp³-hybridized carbons (Fsp3) is 0.308. The molecule has 102 valence electrons. The van der Waals surface area contributed by atoms with Crippen molar-refractivity contribution in [3.63, 3.8) is 0 Å². The minimum Gasteiger partial charge on any atom is -0.271 e. The predicted octanol–water partition coefficient (Wildman–Crippen LogP) is 3.08. The number of fused-ring (bicyclic) bond motifs is 1. The maximum Gasteiger partial charge on any atom is 0.389 e. The van der Waals surface area contributed by atoms with Gasteiger partial charge in [-0.1, -0.05) is 12.1 Å². The Balaban J connectivity index is 2.20. The number of alkyl halides is 3. The summed E-state index contributed by atoms with van der Waals surface area (Å²) in [5.74, 6) is 5.35. The van der Waals surface area contributed by atoms with Gasteiger partial charge in [0.2, 0.25) is 0 Å². The summed E-state index contributed by atoms with van der Waals surface area (Å²) >= 11 is 0. The molecule has 0 spiro atoms. The Kier molecular flexibility index (Phi) is 4.01. The number of nitrogens with two attached hydrogens (primary N) is 1. The highest BCUT2D eigenvalue weighted by Gasteiger charge is 2.28. The number of hydrazine groups is 1. The van der Waals surface area contributed by atoms with Crippen LogP contribution in [0, 0.1) is 0 Å². The SMILES string of the molecule is NNC(CCC(F)(F)F)c1ccc2ncccc2c1. The number of hydrogen-bond acceptors (Lipinski definition) is 3. The molecule has 0 saturated carbocycles. The van der Waals surface area contributed by atoms with Crippen molar-refractivity contribution in [2.75, 3.05) is 0 Å². The number of aromatic nitrogens is 1. The van der Waals surface area contributed by atoms with Gasteiger partial charge in [-0.05, 0) is 30.2 Å². The van der Waals surface area contributed by atoms with Crippen molar-refractivity contribution >= 4 is 10.9 Å². The smallest absolute Gasteiger partial charge is 0.271 e. The molecule has 3 N–H and O–H groups in total. The first-order valence-corrected chi connectivity index (χ1v) is 5.87. The predicted molar refractivity (Wildman–Crippen MR) is 67.1 cm³/mol. The van der Waals surface area contributed by atoms with Crippen LogP contribution in [0.2, 0.25) is 0 Å². The Hall–Kier alpha value is -1.66. The second kappa shape index (κ2) is 5.54. The van der Waals surface area contributed by atoms with Crippen LogP contribution < -0.4 is 11.3 Å². The molecule has 0 aliphatic rings. The lowest BCUT2D eigenvalue weighted by Crippen LogP contribution is -2.29. The van der Waals surface area contributed by atoms with Gasteiger partial charge >= 0.3 is 6.18 Å². The van der Waals surface area contributed by atoms with Crippen molar-refractivity contribution < 1.29 is 13.2 Å². The van der Waals surface area contributed by atoms with Gasteiger partial charge in [0.25, 0.3) is 0 Å². The Labute approximate surface area is 108 Å². The number of pyridine rings is 1. The van der Waals surface area contributed by atoms with Crippen LogP contribution in [0.4, 0.5) is 13.2 Å². The summed E-state index contributed by atoms with van der Waals surface area (Å²) in [6.45, 7) is 0. The maximum absolute atomic E-state index is 12.2. The van der Waals surface area contributed by atoms with Gasteiger partial charge in [-0.3, -0.25) is 16.3 Å². The van der Waals surface area contributed by atoms with Crippen molar-refractivity contribution in [2.24, 2.45) is 5.84 Å². The average molecular weight is 269 g/mol. The van der Waals surface area contributed by atoms with Crippen LogP contribution in [0.25, 0.3) is 10.9 Å². The van der Waals surface area contributed by atoms with Gasteiger partial charge in [-0.15, -0.1) is 0 Å². The van der Waals surface area contributed by atoms with Gasteiger partial charge in [0.15, 0.2) is 0 Å². The second-order valence-electron chi connectivity index (χ2n) is 4.33. The molecule has 1 aromatic carbocycles. The molecule has 3 nitrogen and oxygen atoms in total. The lowest BCUT2D eigenvalue weighted by atomic mass is 10.0. The van der Waals surface area contributed by atoms with Crippen molar-refractivity contribution in [1.82, 2.24) is 10.4 Å². The molecule has 6 heteroatoms. The molecule has 0 saturated heterocycles. The van der Waals surface area contributed by atoms with E-state index >= 15 is 0 Å². The zero-order valence-corrected chi connectivity index (χ0v) is 10.1. The van der Waals surface area contributed by atoms with E-state index in [-0.39, 0.29) is 6.42 Å². The van der Waals surface area contributed by atoms with Crippen molar-refractivity contribution in [2.45, 2.75) is 25.1 Å². The zero-order chi connectivity index (χ0) is 13.9. The molecule has 0 radical (unpaired) electrons. The molecule has 1 heterocycles. The van der Waals surface area contributed by atoms with Crippen LogP contribution >= 0.6 is 0 Å². The fourth-order valence-electron chi connectivity index (χ4n) is 1.97. The molecule has 1 atom stereocenters. The molecule has 0 fully saturated rings. The van der Waals surface area contributed by atoms with E-state index in [1.165, 1.54) is 0 Å². The minimum atomic E-state index is -4.17. The fourth-order valence-corrected chi connectivity index (χ4v) is 1.97. The third-order valence-electron chi connectivity index (χ3n) is 2.95. The normalized spacial score (nSPS) is 13.7. The van der Waals surface area contributed by atoms with E-state index in [9.17, 15) is 13.2 Å². The van der Waals surface area contributed by atoms with Gasteiger partial charge in [0.05, 0.1) is 5.52 Å². The van der Waals surface area contributed by atoms with Crippen molar-refractivity contribution in [3.8, 4) is 0 Å². The molecule has 1 aromatic heterocycles. The zero-order valence-electron chi connectivity index (χ0n) is 10.1. The van der Waals surface area contributed by atoms with E-state index in [2.05, 4.69) is 10.4 Å². The summed E-state index contributed by atoms with van der Waals surface area (Å²) in [5.41, 5.74) is 3.97. The van der Waals surface area contributed by atoms with Gasteiger partial charge in [-0.2, -0.15) is 13.2 Å². The van der Waals surface area contributed by atoms with E-state index < -0.39 is 18.6 Å². The van der Waals surface area contributed by atoms with Crippen LogP contribution in [-0.2, 0) is 0 Å². The first-order chi connectivity index (χ1) is 8.99. The van der Waals surface area contributed by atoms with Crippen molar-refractivity contribution in [1.29, 1.82) is 0 Å². The molecule has 0 aliphatic carbocycles. The number of halogens is 3. The average Bonchev–Trinajstić information content (AvgIpc) is 2.38. The molecular formula is C13H14F3N3. The van der Waals surface area contributed by atoms with Gasteiger partial charge in [0.1, 0.15) is 0 Å². The molecule has 0 amide bonds. The van der Waals surface area contributed by atoms with Crippen LogP contribution in [0.15, 0.2) is 36.5 Å². The number of rotatable bonds is 4. The number of nitrogens with one attached hydrogen (secondary N) is 1. The summed E-state index contributed by atoms with van der Waals surface area (Å²) in [6.07, 6.45) is -3.46. The topological polar surface area (TPSA) is 50.9 Å². The quantitative estimate of drug-likeness (QED) is 0.662. The molecule has 19 heavy (non-hydrogen) atoms. The monoisotopic (exact) mass is 269 g/mol. The highest BCUT2D eigenvalue weighted by molar-refractivity contribution is 5.79. The summed E-state index contributed by atoms with van der Waals surface area (Å²) in [4.78, 5) is 4.16. The largest absolute Gasteiger partial charge is 0.389 e. The number of benzene rings is 1. The van der Waals surface area contributed by atoms with Crippen LogP contribution in [-0.4, -0.2) is 11.2 Å². The third kappa shape index (κ3) is 3.65. The summed E-state index contributed by atoms with van der Waals surface area (Å²) in [6, 6.07) is 8.46. The third-order valence-corrected chi connectivity index (χ3v) is 2.95. The Morgan fingerprint density at radius 1 is 1.26 bits per heavy atom. The van der Waals surface area contributed by atoms with E-state index in [1.54, 1.807) is 24.4 Å². The summed E-state index contributed by atoms with van der Waals surface area (Å²) in [7, 11) is 0. The Morgan fingerprint density at radius 2 is 2.05 bits per heavy atom. The first-order valence-electron chi connectivity index (χ1n) is 5.87. The molecule has 0 bridgehead atoms. The Morgan fingerprint density at radius 3 is 2.74 bits per heavy atom. The van der Waals surface area contributed by atoms with E-state index in [0.29, 0.717) is 0 Å². The molecule has 0 aliphatic heterocycles. The van der Waals surface area contributed by atoms with Crippen LogP contribution in [0.3, 0.4) is 0 Å². The van der Waals surface area contributed by atoms with E-state index in [4.69, 9.17) is 5.84 Å². The summed E-state index contributed by atoms with van der Waals surface area (Å²) in [5, 5.41) is 0.882. The Bertz CT molecular complexity index is 554. The summed E-state index contributed by atoms with van der Waals surface area (Å²) < 4.78 is 36.7. The number of nitrogens with zero attached hydrogens (tertiary/aromatic N) is 1. The first kappa shape index (κ1) is 13.8.